The van der Waals surface area contributed by atoms with E-state index < -0.39 is 23.5 Å². The molecule has 0 saturated carbocycles. The number of aromatic nitrogens is 2. The van der Waals surface area contributed by atoms with Gasteiger partial charge in [-0.3, -0.25) is 9.69 Å². The number of benzene rings is 1. The van der Waals surface area contributed by atoms with Crippen molar-refractivity contribution in [2.45, 2.75) is 51.4 Å². The summed E-state index contributed by atoms with van der Waals surface area (Å²) < 4.78 is 38.4. The summed E-state index contributed by atoms with van der Waals surface area (Å²) in [5, 5.41) is 30.6. The van der Waals surface area contributed by atoms with Gasteiger partial charge < -0.3 is 15.5 Å². The van der Waals surface area contributed by atoms with Crippen LogP contribution in [0, 0.1) is 6.92 Å². The lowest BCUT2D eigenvalue weighted by Crippen LogP contribution is -2.46. The van der Waals surface area contributed by atoms with Crippen LogP contribution >= 0.6 is 0 Å². The SMILES string of the molecule is Cc1cc(N[C@@H]2CCCN(C(C)CC(=O)O)C2)nnc1-c1ccc(C(F)(F)F)cc1O. The highest BCUT2D eigenvalue weighted by Gasteiger charge is 2.31. The van der Waals surface area contributed by atoms with Gasteiger partial charge in [-0.25, -0.2) is 0 Å². The molecule has 0 amide bonds. The second-order valence-electron chi connectivity index (χ2n) is 7.92. The van der Waals surface area contributed by atoms with Crippen LogP contribution in [-0.2, 0) is 11.0 Å². The molecule has 2 atom stereocenters. The predicted molar refractivity (Wildman–Crippen MR) is 109 cm³/mol. The number of hydrogen-bond acceptors (Lipinski definition) is 6. The highest BCUT2D eigenvalue weighted by Crippen LogP contribution is 2.36. The number of carboxylic acids is 1. The number of carbonyl (C=O) groups is 1. The number of nitrogens with one attached hydrogen (secondary N) is 1. The summed E-state index contributed by atoms with van der Waals surface area (Å²) in [6.45, 7) is 5.15. The molecule has 7 nitrogen and oxygen atoms in total. The van der Waals surface area contributed by atoms with Crippen molar-refractivity contribution >= 4 is 11.8 Å². The lowest BCUT2D eigenvalue weighted by Gasteiger charge is -2.36. The number of carboxylic acid groups (broad SMARTS) is 1. The molecule has 1 aliphatic heterocycles. The van der Waals surface area contributed by atoms with Crippen molar-refractivity contribution in [2.75, 3.05) is 18.4 Å². The van der Waals surface area contributed by atoms with E-state index in [1.165, 1.54) is 6.07 Å². The Kier molecular flexibility index (Phi) is 6.68. The van der Waals surface area contributed by atoms with Gasteiger partial charge in [0.05, 0.1) is 17.7 Å². The zero-order valence-corrected chi connectivity index (χ0v) is 17.3. The van der Waals surface area contributed by atoms with Gasteiger partial charge in [0.1, 0.15) is 11.6 Å². The average Bonchev–Trinajstić information content (AvgIpc) is 2.67. The van der Waals surface area contributed by atoms with Gasteiger partial charge in [0, 0.05) is 24.2 Å². The Morgan fingerprint density at radius 2 is 2.06 bits per heavy atom. The molecular weight excluding hydrogens is 413 g/mol. The first-order valence-electron chi connectivity index (χ1n) is 10.0. The van der Waals surface area contributed by atoms with E-state index in [9.17, 15) is 23.1 Å². The molecule has 1 unspecified atom stereocenters. The first-order chi connectivity index (χ1) is 14.5. The summed E-state index contributed by atoms with van der Waals surface area (Å²) in [6, 6.07) is 4.50. The molecule has 2 aromatic rings. The number of piperidine rings is 1. The molecule has 0 radical (unpaired) electrons. The van der Waals surface area contributed by atoms with Crippen LogP contribution in [0.5, 0.6) is 5.75 Å². The van der Waals surface area contributed by atoms with Crippen molar-refractivity contribution < 1.29 is 28.2 Å². The number of aliphatic carboxylic acids is 1. The van der Waals surface area contributed by atoms with Crippen LogP contribution in [0.1, 0.15) is 37.3 Å². The van der Waals surface area contributed by atoms with Gasteiger partial charge >= 0.3 is 12.1 Å². The standard InChI is InChI=1S/C21H25F3N4O3/c1-12-8-18(25-15-4-3-7-28(11-15)13(2)9-19(30)31)26-27-20(12)16-6-5-14(10-17(16)29)21(22,23)24/h5-6,8,10,13,15,29H,3-4,7,9,11H2,1-2H3,(H,25,26)(H,30,31)/t13?,15-/m1/s1. The number of likely N-dealkylation sites (tertiary alicyclic amines) is 1. The summed E-state index contributed by atoms with van der Waals surface area (Å²) in [5.74, 6) is -0.820. The molecule has 3 N–H and O–H groups in total. The van der Waals surface area contributed by atoms with Gasteiger partial charge in [-0.05, 0) is 63.1 Å². The Balaban J connectivity index is 1.72. The third-order valence-corrected chi connectivity index (χ3v) is 5.46. The van der Waals surface area contributed by atoms with Crippen molar-refractivity contribution in [3.05, 3.63) is 35.4 Å². The van der Waals surface area contributed by atoms with E-state index in [0.29, 0.717) is 29.7 Å². The molecular formula is C21H25F3N4O3. The highest BCUT2D eigenvalue weighted by atomic mass is 19.4. The number of anilines is 1. The summed E-state index contributed by atoms with van der Waals surface area (Å²) in [5.41, 5.74) is 0.198. The zero-order valence-electron chi connectivity index (χ0n) is 17.3. The number of rotatable bonds is 6. The fourth-order valence-corrected chi connectivity index (χ4v) is 3.85. The molecule has 0 aliphatic carbocycles. The Morgan fingerprint density at radius 3 is 2.68 bits per heavy atom. The van der Waals surface area contributed by atoms with E-state index in [1.54, 1.807) is 13.0 Å². The molecule has 2 heterocycles. The number of hydrogen-bond donors (Lipinski definition) is 3. The normalized spacial score (nSPS) is 18.5. The van der Waals surface area contributed by atoms with Crippen LogP contribution in [0.3, 0.4) is 0 Å². The molecule has 31 heavy (non-hydrogen) atoms. The van der Waals surface area contributed by atoms with Crippen molar-refractivity contribution in [3.63, 3.8) is 0 Å². The number of nitrogens with zero attached hydrogens (tertiary/aromatic N) is 3. The van der Waals surface area contributed by atoms with E-state index in [-0.39, 0.29) is 24.1 Å². The third kappa shape index (κ3) is 5.63. The fraction of sp³-hybridized carbons (Fsp3) is 0.476. The van der Waals surface area contributed by atoms with Gasteiger partial charge in [-0.1, -0.05) is 0 Å². The Labute approximate surface area is 177 Å². The molecule has 0 spiro atoms. The van der Waals surface area contributed by atoms with Gasteiger partial charge in [0.25, 0.3) is 0 Å². The second kappa shape index (κ2) is 9.09. The zero-order chi connectivity index (χ0) is 22.8. The lowest BCUT2D eigenvalue weighted by molar-refractivity contribution is -0.139. The Morgan fingerprint density at radius 1 is 1.32 bits per heavy atom. The van der Waals surface area contributed by atoms with Gasteiger partial charge in [0.2, 0.25) is 0 Å². The fourth-order valence-electron chi connectivity index (χ4n) is 3.85. The Bertz CT molecular complexity index is 952. The average molecular weight is 438 g/mol. The van der Waals surface area contributed by atoms with Crippen LogP contribution in [-0.4, -0.2) is 56.5 Å². The lowest BCUT2D eigenvalue weighted by atomic mass is 10.0. The molecule has 1 saturated heterocycles. The van der Waals surface area contributed by atoms with E-state index in [0.717, 1.165) is 25.5 Å². The molecule has 1 aromatic heterocycles. The maximum absolute atomic E-state index is 12.8. The van der Waals surface area contributed by atoms with E-state index in [1.807, 2.05) is 6.92 Å². The first-order valence-corrected chi connectivity index (χ1v) is 10.0. The molecule has 0 bridgehead atoms. The summed E-state index contributed by atoms with van der Waals surface area (Å²) in [7, 11) is 0. The minimum Gasteiger partial charge on any atom is -0.507 e. The van der Waals surface area contributed by atoms with Crippen LogP contribution in [0.4, 0.5) is 19.0 Å². The van der Waals surface area contributed by atoms with E-state index in [4.69, 9.17) is 5.11 Å². The van der Waals surface area contributed by atoms with Crippen LogP contribution in [0.2, 0.25) is 0 Å². The second-order valence-corrected chi connectivity index (χ2v) is 7.92. The summed E-state index contributed by atoms with van der Waals surface area (Å²) in [4.78, 5) is 13.1. The molecule has 3 rings (SSSR count). The van der Waals surface area contributed by atoms with Crippen molar-refractivity contribution in [1.82, 2.24) is 15.1 Å². The van der Waals surface area contributed by atoms with E-state index in [2.05, 4.69) is 20.4 Å². The quantitative estimate of drug-likeness (QED) is 0.629. The number of alkyl halides is 3. The molecule has 1 aromatic carbocycles. The largest absolute Gasteiger partial charge is 0.507 e. The van der Waals surface area contributed by atoms with Gasteiger partial charge in [-0.15, -0.1) is 10.2 Å². The smallest absolute Gasteiger partial charge is 0.416 e. The number of phenolic OH excluding ortho intramolecular Hbond substituents is 1. The van der Waals surface area contributed by atoms with Crippen molar-refractivity contribution in [1.29, 1.82) is 0 Å². The van der Waals surface area contributed by atoms with E-state index >= 15 is 0 Å². The minimum absolute atomic E-state index is 0.0695. The monoisotopic (exact) mass is 438 g/mol. The van der Waals surface area contributed by atoms with Crippen LogP contribution in [0.25, 0.3) is 11.3 Å². The molecule has 168 valence electrons. The maximum atomic E-state index is 12.8. The van der Waals surface area contributed by atoms with Gasteiger partial charge in [-0.2, -0.15) is 13.2 Å². The van der Waals surface area contributed by atoms with Crippen molar-refractivity contribution in [2.24, 2.45) is 0 Å². The Hall–Kier alpha value is -2.88. The first kappa shape index (κ1) is 22.8. The summed E-state index contributed by atoms with van der Waals surface area (Å²) in [6.07, 6.45) is -2.64. The van der Waals surface area contributed by atoms with Crippen LogP contribution in [0.15, 0.2) is 24.3 Å². The number of aryl methyl sites for hydroxylation is 1. The van der Waals surface area contributed by atoms with Crippen molar-refractivity contribution in [3.8, 4) is 17.0 Å². The topological polar surface area (TPSA) is 98.6 Å². The third-order valence-electron chi connectivity index (χ3n) is 5.46. The maximum Gasteiger partial charge on any atom is 0.416 e. The number of halogens is 3. The molecule has 1 fully saturated rings. The minimum atomic E-state index is -4.54. The number of phenols is 1. The van der Waals surface area contributed by atoms with Crippen LogP contribution < -0.4 is 5.32 Å². The molecule has 1 aliphatic rings. The summed E-state index contributed by atoms with van der Waals surface area (Å²) >= 11 is 0. The predicted octanol–water partition coefficient (Wildman–Crippen LogP) is 3.92. The number of aromatic hydroxyl groups is 1. The van der Waals surface area contributed by atoms with Gasteiger partial charge in [0.15, 0.2) is 0 Å². The molecule has 10 heteroatoms. The highest BCUT2D eigenvalue weighted by molar-refractivity contribution is 5.70.